The molecule has 20 heavy (non-hydrogen) atoms. The normalized spacial score (nSPS) is 17.3. The Morgan fingerprint density at radius 3 is 2.70 bits per heavy atom. The van der Waals surface area contributed by atoms with Crippen molar-refractivity contribution in [2.24, 2.45) is 0 Å². The minimum absolute atomic E-state index is 0.728. The van der Waals surface area contributed by atoms with Crippen LogP contribution in [0.2, 0.25) is 0 Å². The molecule has 1 heterocycles. The van der Waals surface area contributed by atoms with Gasteiger partial charge in [0.15, 0.2) is 0 Å². The van der Waals surface area contributed by atoms with E-state index in [1.807, 2.05) is 12.1 Å². The summed E-state index contributed by atoms with van der Waals surface area (Å²) in [5.74, 6) is 0.964. The van der Waals surface area contributed by atoms with Crippen molar-refractivity contribution in [2.75, 3.05) is 59.5 Å². The highest BCUT2D eigenvalue weighted by Crippen LogP contribution is 2.11. The van der Waals surface area contributed by atoms with Crippen molar-refractivity contribution in [3.8, 4) is 5.75 Å². The second-order valence-corrected chi connectivity index (χ2v) is 5.56. The van der Waals surface area contributed by atoms with Crippen LogP contribution in [0.4, 0.5) is 0 Å². The molecule has 0 saturated carbocycles. The number of ether oxygens (including phenoxy) is 1. The Morgan fingerprint density at radius 1 is 1.15 bits per heavy atom. The van der Waals surface area contributed by atoms with Crippen molar-refractivity contribution in [3.63, 3.8) is 0 Å². The van der Waals surface area contributed by atoms with Crippen molar-refractivity contribution in [1.29, 1.82) is 0 Å². The Morgan fingerprint density at radius 2 is 1.95 bits per heavy atom. The summed E-state index contributed by atoms with van der Waals surface area (Å²) in [5, 5.41) is 3.45. The Kier molecular flexibility index (Phi) is 6.30. The molecule has 0 bridgehead atoms. The van der Waals surface area contributed by atoms with E-state index in [2.05, 4.69) is 41.2 Å². The Balaban J connectivity index is 1.49. The van der Waals surface area contributed by atoms with Gasteiger partial charge in [0.05, 0.1) is 0 Å². The molecule has 4 heteroatoms. The van der Waals surface area contributed by atoms with Crippen molar-refractivity contribution in [3.05, 3.63) is 29.8 Å². The number of aryl methyl sites for hydroxylation is 1. The lowest BCUT2D eigenvalue weighted by Crippen LogP contribution is -2.46. The molecule has 0 aromatic heterocycles. The van der Waals surface area contributed by atoms with Gasteiger partial charge < -0.3 is 15.0 Å². The van der Waals surface area contributed by atoms with E-state index in [1.165, 1.54) is 31.7 Å². The van der Waals surface area contributed by atoms with Gasteiger partial charge in [0.2, 0.25) is 0 Å². The SMILES string of the molecule is Cc1cccc(OCCNCCN2CCN(C)CC2)c1. The molecule has 0 atom stereocenters. The molecular formula is C16H27N3O. The maximum absolute atomic E-state index is 5.71. The second-order valence-electron chi connectivity index (χ2n) is 5.56. The first-order valence-electron chi connectivity index (χ1n) is 7.55. The molecule has 1 aliphatic rings. The molecule has 0 unspecified atom stereocenters. The molecule has 0 amide bonds. The molecule has 1 aliphatic heterocycles. The average molecular weight is 277 g/mol. The van der Waals surface area contributed by atoms with E-state index in [0.29, 0.717) is 0 Å². The fraction of sp³-hybridized carbons (Fsp3) is 0.625. The fourth-order valence-electron chi connectivity index (χ4n) is 2.38. The van der Waals surface area contributed by atoms with E-state index in [0.717, 1.165) is 32.0 Å². The highest BCUT2D eigenvalue weighted by atomic mass is 16.5. The average Bonchev–Trinajstić information content (AvgIpc) is 2.45. The molecule has 1 N–H and O–H groups in total. The van der Waals surface area contributed by atoms with Crippen molar-refractivity contribution in [2.45, 2.75) is 6.92 Å². The van der Waals surface area contributed by atoms with Crippen LogP contribution >= 0.6 is 0 Å². The molecule has 112 valence electrons. The third-order valence-corrected chi connectivity index (χ3v) is 3.74. The summed E-state index contributed by atoms with van der Waals surface area (Å²) in [5.41, 5.74) is 1.24. The number of likely N-dealkylation sites (N-methyl/N-ethyl adjacent to an activating group) is 1. The lowest BCUT2D eigenvalue weighted by molar-refractivity contribution is 0.154. The molecule has 0 spiro atoms. The second kappa shape index (κ2) is 8.25. The van der Waals surface area contributed by atoms with E-state index in [9.17, 15) is 0 Å². The summed E-state index contributed by atoms with van der Waals surface area (Å²) >= 11 is 0. The molecule has 1 saturated heterocycles. The van der Waals surface area contributed by atoms with Crippen LogP contribution < -0.4 is 10.1 Å². The Hall–Kier alpha value is -1.10. The summed E-state index contributed by atoms with van der Waals surface area (Å²) in [6.07, 6.45) is 0. The zero-order valence-electron chi connectivity index (χ0n) is 12.8. The van der Waals surface area contributed by atoms with Crippen LogP contribution in [0.25, 0.3) is 0 Å². The summed E-state index contributed by atoms with van der Waals surface area (Å²) in [6.45, 7) is 10.7. The molecule has 1 aromatic carbocycles. The summed E-state index contributed by atoms with van der Waals surface area (Å²) < 4.78 is 5.71. The van der Waals surface area contributed by atoms with Crippen LogP contribution in [0.1, 0.15) is 5.56 Å². The van der Waals surface area contributed by atoms with Gasteiger partial charge in [-0.15, -0.1) is 0 Å². The molecule has 0 radical (unpaired) electrons. The van der Waals surface area contributed by atoms with Crippen molar-refractivity contribution in [1.82, 2.24) is 15.1 Å². The van der Waals surface area contributed by atoms with Gasteiger partial charge >= 0.3 is 0 Å². The first-order chi connectivity index (χ1) is 9.74. The van der Waals surface area contributed by atoms with Crippen LogP contribution in [0.15, 0.2) is 24.3 Å². The first kappa shape index (κ1) is 15.3. The summed E-state index contributed by atoms with van der Waals surface area (Å²) in [7, 11) is 2.19. The first-order valence-corrected chi connectivity index (χ1v) is 7.55. The smallest absolute Gasteiger partial charge is 0.119 e. The van der Waals surface area contributed by atoms with E-state index >= 15 is 0 Å². The lowest BCUT2D eigenvalue weighted by atomic mass is 10.2. The number of piperazine rings is 1. The third kappa shape index (κ3) is 5.49. The van der Waals surface area contributed by atoms with Crippen LogP contribution in [0.5, 0.6) is 5.75 Å². The molecule has 4 nitrogen and oxygen atoms in total. The van der Waals surface area contributed by atoms with Gasteiger partial charge in [-0.2, -0.15) is 0 Å². The highest BCUT2D eigenvalue weighted by molar-refractivity contribution is 5.27. The number of nitrogens with one attached hydrogen (secondary N) is 1. The van der Waals surface area contributed by atoms with Gasteiger partial charge in [-0.1, -0.05) is 12.1 Å². The van der Waals surface area contributed by atoms with Crippen LogP contribution in [0, 0.1) is 6.92 Å². The number of nitrogens with zero attached hydrogens (tertiary/aromatic N) is 2. The largest absolute Gasteiger partial charge is 0.492 e. The number of hydrogen-bond donors (Lipinski definition) is 1. The maximum atomic E-state index is 5.71. The van der Waals surface area contributed by atoms with Crippen molar-refractivity contribution < 1.29 is 4.74 Å². The quantitative estimate of drug-likeness (QED) is 0.758. The van der Waals surface area contributed by atoms with Crippen molar-refractivity contribution >= 4 is 0 Å². The summed E-state index contributed by atoms with van der Waals surface area (Å²) in [6, 6.07) is 8.20. The Labute approximate surface area is 122 Å². The Bertz CT molecular complexity index is 389. The molecule has 0 aliphatic carbocycles. The van der Waals surface area contributed by atoms with Crippen LogP contribution in [0.3, 0.4) is 0 Å². The fourth-order valence-corrected chi connectivity index (χ4v) is 2.38. The number of benzene rings is 1. The van der Waals surface area contributed by atoms with Gasteiger partial charge in [-0.05, 0) is 31.7 Å². The molecule has 1 aromatic rings. The lowest BCUT2D eigenvalue weighted by Gasteiger charge is -2.32. The third-order valence-electron chi connectivity index (χ3n) is 3.74. The zero-order chi connectivity index (χ0) is 14.2. The zero-order valence-corrected chi connectivity index (χ0v) is 12.8. The molecular weight excluding hydrogens is 250 g/mol. The van der Waals surface area contributed by atoms with E-state index in [-0.39, 0.29) is 0 Å². The van der Waals surface area contributed by atoms with Gasteiger partial charge in [0.25, 0.3) is 0 Å². The van der Waals surface area contributed by atoms with Crippen LogP contribution in [-0.2, 0) is 0 Å². The van der Waals surface area contributed by atoms with E-state index in [1.54, 1.807) is 0 Å². The minimum atomic E-state index is 0.728. The van der Waals surface area contributed by atoms with E-state index in [4.69, 9.17) is 4.74 Å². The molecule has 1 fully saturated rings. The number of rotatable bonds is 7. The highest BCUT2D eigenvalue weighted by Gasteiger charge is 2.12. The predicted molar refractivity (Wildman–Crippen MR) is 83.5 cm³/mol. The number of hydrogen-bond acceptors (Lipinski definition) is 4. The van der Waals surface area contributed by atoms with Gasteiger partial charge in [0, 0.05) is 45.8 Å². The van der Waals surface area contributed by atoms with E-state index < -0.39 is 0 Å². The van der Waals surface area contributed by atoms with Gasteiger partial charge in [-0.3, -0.25) is 4.90 Å². The maximum Gasteiger partial charge on any atom is 0.119 e. The monoisotopic (exact) mass is 277 g/mol. The topological polar surface area (TPSA) is 27.7 Å². The van der Waals surface area contributed by atoms with Gasteiger partial charge in [-0.25, -0.2) is 0 Å². The summed E-state index contributed by atoms with van der Waals surface area (Å²) in [4.78, 5) is 4.91. The standard InChI is InChI=1S/C16H27N3O/c1-15-4-3-5-16(14-15)20-13-7-17-6-8-19-11-9-18(2)10-12-19/h3-5,14,17H,6-13H2,1-2H3. The molecule has 2 rings (SSSR count). The van der Waals surface area contributed by atoms with Crippen LogP contribution in [-0.4, -0.2) is 69.3 Å². The predicted octanol–water partition coefficient (Wildman–Crippen LogP) is 1.21. The minimum Gasteiger partial charge on any atom is -0.492 e. The van der Waals surface area contributed by atoms with Gasteiger partial charge in [0.1, 0.15) is 12.4 Å².